The molecule has 0 saturated heterocycles. The van der Waals surface area contributed by atoms with Crippen LogP contribution in [0.3, 0.4) is 0 Å². The fourth-order valence-corrected chi connectivity index (χ4v) is 1.87. The van der Waals surface area contributed by atoms with Crippen molar-refractivity contribution >= 4 is 38.4 Å². The number of fused-ring (bicyclic) bond motifs is 1. The third-order valence-electron chi connectivity index (χ3n) is 1.57. The van der Waals surface area contributed by atoms with Gasteiger partial charge in [0, 0.05) is 4.47 Å². The first kappa shape index (κ1) is 8.65. The third-order valence-corrected chi connectivity index (χ3v) is 2.32. The maximum atomic E-state index is 11.2. The number of hydrogen-bond acceptors (Lipinski definition) is 3. The molecule has 13 heavy (non-hydrogen) atoms. The maximum Gasteiger partial charge on any atom is 0.275 e. The molecule has 1 heterocycles. The van der Waals surface area contributed by atoms with Crippen LogP contribution >= 0.6 is 27.5 Å². The van der Waals surface area contributed by atoms with E-state index in [0.717, 1.165) is 4.47 Å². The monoisotopic (exact) mass is 259 g/mol. The van der Waals surface area contributed by atoms with E-state index in [2.05, 4.69) is 31.3 Å². The molecular formula is C7H3BrClN3O. The van der Waals surface area contributed by atoms with Crippen LogP contribution in [0.25, 0.3) is 10.9 Å². The highest BCUT2D eigenvalue weighted by Crippen LogP contribution is 2.23. The topological polar surface area (TPSA) is 58.6 Å². The summed E-state index contributed by atoms with van der Waals surface area (Å²) in [6, 6.07) is 3.31. The quantitative estimate of drug-likeness (QED) is 0.785. The van der Waals surface area contributed by atoms with Crippen LogP contribution in [0, 0.1) is 0 Å². The van der Waals surface area contributed by atoms with Gasteiger partial charge in [-0.15, -0.1) is 5.10 Å². The SMILES string of the molecule is O=c1[nH]nnc2c(Cl)cc(Br)cc12. The average Bonchev–Trinajstić information content (AvgIpc) is 2.07. The van der Waals surface area contributed by atoms with E-state index in [1.54, 1.807) is 12.1 Å². The number of hydrogen-bond donors (Lipinski definition) is 1. The van der Waals surface area contributed by atoms with Crippen molar-refractivity contribution in [2.24, 2.45) is 0 Å². The van der Waals surface area contributed by atoms with Crippen molar-refractivity contribution in [1.82, 2.24) is 15.4 Å². The Balaban J connectivity index is 3.03. The summed E-state index contributed by atoms with van der Waals surface area (Å²) in [6.07, 6.45) is 0. The van der Waals surface area contributed by atoms with Crippen LogP contribution in [-0.4, -0.2) is 15.4 Å². The van der Waals surface area contributed by atoms with Crippen LogP contribution in [0.1, 0.15) is 0 Å². The van der Waals surface area contributed by atoms with Crippen molar-refractivity contribution in [3.05, 3.63) is 32.0 Å². The molecule has 0 atom stereocenters. The Hall–Kier alpha value is -0.940. The smallest absolute Gasteiger partial charge is 0.267 e. The number of rotatable bonds is 0. The van der Waals surface area contributed by atoms with Crippen molar-refractivity contribution in [2.45, 2.75) is 0 Å². The van der Waals surface area contributed by atoms with Crippen LogP contribution in [0.4, 0.5) is 0 Å². The van der Waals surface area contributed by atoms with E-state index in [-0.39, 0.29) is 5.56 Å². The molecule has 0 fully saturated rings. The summed E-state index contributed by atoms with van der Waals surface area (Å²) in [5.41, 5.74) is 0.113. The second kappa shape index (κ2) is 3.08. The van der Waals surface area contributed by atoms with Gasteiger partial charge < -0.3 is 0 Å². The van der Waals surface area contributed by atoms with Crippen molar-refractivity contribution < 1.29 is 0 Å². The number of H-pyrrole nitrogens is 1. The molecule has 0 unspecified atom stereocenters. The molecule has 0 spiro atoms. The molecule has 1 aromatic carbocycles. The Bertz CT molecular complexity index is 525. The Kier molecular flexibility index (Phi) is 2.05. The van der Waals surface area contributed by atoms with Gasteiger partial charge in [0.05, 0.1) is 10.4 Å². The zero-order valence-corrected chi connectivity index (χ0v) is 8.56. The van der Waals surface area contributed by atoms with Gasteiger partial charge in [0.15, 0.2) is 0 Å². The van der Waals surface area contributed by atoms with Crippen LogP contribution in [0.15, 0.2) is 21.4 Å². The van der Waals surface area contributed by atoms with Crippen molar-refractivity contribution in [1.29, 1.82) is 0 Å². The lowest BCUT2D eigenvalue weighted by Crippen LogP contribution is -2.09. The van der Waals surface area contributed by atoms with Gasteiger partial charge in [0.2, 0.25) is 0 Å². The molecule has 2 rings (SSSR count). The Morgan fingerprint density at radius 1 is 1.46 bits per heavy atom. The minimum Gasteiger partial charge on any atom is -0.267 e. The van der Waals surface area contributed by atoms with Crippen molar-refractivity contribution in [3.63, 3.8) is 0 Å². The minimum absolute atomic E-state index is 0.298. The van der Waals surface area contributed by atoms with Gasteiger partial charge >= 0.3 is 0 Å². The van der Waals surface area contributed by atoms with E-state index >= 15 is 0 Å². The maximum absolute atomic E-state index is 11.2. The summed E-state index contributed by atoms with van der Waals surface area (Å²) in [5.74, 6) is 0. The first-order valence-electron chi connectivity index (χ1n) is 3.38. The van der Waals surface area contributed by atoms with E-state index in [1.165, 1.54) is 0 Å². The zero-order chi connectivity index (χ0) is 9.42. The fraction of sp³-hybridized carbons (Fsp3) is 0. The lowest BCUT2D eigenvalue weighted by molar-refractivity contribution is 0.872. The number of nitrogens with zero attached hydrogens (tertiary/aromatic N) is 2. The van der Waals surface area contributed by atoms with Crippen molar-refractivity contribution in [2.75, 3.05) is 0 Å². The zero-order valence-electron chi connectivity index (χ0n) is 6.21. The molecule has 66 valence electrons. The highest BCUT2D eigenvalue weighted by Gasteiger charge is 2.05. The van der Waals surface area contributed by atoms with Crippen LogP contribution < -0.4 is 5.56 Å². The van der Waals surface area contributed by atoms with E-state index in [4.69, 9.17) is 11.6 Å². The lowest BCUT2D eigenvalue weighted by Gasteiger charge is -1.97. The van der Waals surface area contributed by atoms with Crippen LogP contribution in [0.2, 0.25) is 5.02 Å². The van der Waals surface area contributed by atoms with E-state index in [9.17, 15) is 4.79 Å². The largest absolute Gasteiger partial charge is 0.275 e. The Labute approximate surface area is 86.0 Å². The number of aromatic amines is 1. The summed E-state index contributed by atoms with van der Waals surface area (Å²) < 4.78 is 0.739. The molecule has 6 heteroatoms. The number of benzene rings is 1. The second-order valence-corrected chi connectivity index (χ2v) is 3.75. The van der Waals surface area contributed by atoms with Crippen molar-refractivity contribution in [3.8, 4) is 0 Å². The molecule has 0 aliphatic carbocycles. The van der Waals surface area contributed by atoms with E-state index in [1.807, 2.05) is 0 Å². The molecule has 4 nitrogen and oxygen atoms in total. The highest BCUT2D eigenvalue weighted by molar-refractivity contribution is 9.10. The minimum atomic E-state index is -0.298. The summed E-state index contributed by atoms with van der Waals surface area (Å²) in [5, 5.41) is 10.2. The van der Waals surface area contributed by atoms with E-state index in [0.29, 0.717) is 15.9 Å². The summed E-state index contributed by atoms with van der Waals surface area (Å²) in [4.78, 5) is 11.2. The van der Waals surface area contributed by atoms with Gasteiger partial charge in [-0.1, -0.05) is 32.7 Å². The lowest BCUT2D eigenvalue weighted by atomic mass is 10.2. The molecular weight excluding hydrogens is 257 g/mol. The molecule has 0 saturated carbocycles. The molecule has 0 radical (unpaired) electrons. The van der Waals surface area contributed by atoms with Gasteiger partial charge in [-0.2, -0.15) is 0 Å². The highest BCUT2D eigenvalue weighted by atomic mass is 79.9. The predicted octanol–water partition coefficient (Wildman–Crippen LogP) is 1.73. The summed E-state index contributed by atoms with van der Waals surface area (Å²) in [7, 11) is 0. The molecule has 2 aromatic rings. The molecule has 1 aromatic heterocycles. The molecule has 0 amide bonds. The first-order chi connectivity index (χ1) is 6.18. The second-order valence-electron chi connectivity index (χ2n) is 2.42. The van der Waals surface area contributed by atoms with Gasteiger partial charge in [0.1, 0.15) is 5.52 Å². The Morgan fingerprint density at radius 3 is 3.00 bits per heavy atom. The summed E-state index contributed by atoms with van der Waals surface area (Å²) >= 11 is 9.08. The summed E-state index contributed by atoms with van der Waals surface area (Å²) in [6.45, 7) is 0. The van der Waals surface area contributed by atoms with Crippen LogP contribution in [-0.2, 0) is 0 Å². The number of halogens is 2. The van der Waals surface area contributed by atoms with Crippen LogP contribution in [0.5, 0.6) is 0 Å². The molecule has 0 aliphatic heterocycles. The Morgan fingerprint density at radius 2 is 2.23 bits per heavy atom. The normalized spacial score (nSPS) is 10.6. The standard InChI is InChI=1S/C7H3BrClN3O/c8-3-1-4-6(5(9)2-3)10-12-11-7(4)13/h1-2H,(H,10,11,13). The van der Waals surface area contributed by atoms with Gasteiger partial charge in [-0.25, -0.2) is 5.10 Å². The molecule has 0 bridgehead atoms. The molecule has 0 aliphatic rings. The number of nitrogens with one attached hydrogen (secondary N) is 1. The van der Waals surface area contributed by atoms with E-state index < -0.39 is 0 Å². The van der Waals surface area contributed by atoms with Gasteiger partial charge in [-0.3, -0.25) is 4.79 Å². The molecule has 1 N–H and O–H groups in total. The fourth-order valence-electron chi connectivity index (χ4n) is 1.02. The predicted molar refractivity (Wildman–Crippen MR) is 52.9 cm³/mol. The van der Waals surface area contributed by atoms with Gasteiger partial charge in [-0.05, 0) is 12.1 Å². The number of aromatic nitrogens is 3. The first-order valence-corrected chi connectivity index (χ1v) is 4.55. The van der Waals surface area contributed by atoms with Gasteiger partial charge in [0.25, 0.3) is 5.56 Å². The average molecular weight is 260 g/mol. The third kappa shape index (κ3) is 1.45.